The normalized spacial score (nSPS) is 33.0. The molecule has 0 aromatic rings. The Morgan fingerprint density at radius 1 is 1.26 bits per heavy atom. The second-order valence-corrected chi connectivity index (χ2v) is 8.92. The Balaban J connectivity index is 1.62. The molecule has 2 aliphatic rings. The van der Waals surface area contributed by atoms with Gasteiger partial charge in [-0.3, -0.25) is 0 Å². The molecule has 1 heterocycles. The van der Waals surface area contributed by atoms with Gasteiger partial charge < -0.3 is 10.2 Å². The fourth-order valence-corrected chi connectivity index (χ4v) is 4.47. The van der Waals surface area contributed by atoms with E-state index in [1.54, 1.807) is 0 Å². The van der Waals surface area contributed by atoms with Gasteiger partial charge in [-0.25, -0.2) is 0 Å². The van der Waals surface area contributed by atoms with Crippen LogP contribution in [0.4, 0.5) is 0 Å². The van der Waals surface area contributed by atoms with Gasteiger partial charge in [-0.1, -0.05) is 33.6 Å². The quantitative estimate of drug-likeness (QED) is 0.852. The summed E-state index contributed by atoms with van der Waals surface area (Å²) in [5, 5.41) is 3.79. The summed E-state index contributed by atoms with van der Waals surface area (Å²) in [6, 6.07) is 0.793. The lowest BCUT2D eigenvalue weighted by atomic mass is 9.87. The second kappa shape index (κ2) is 7.33. The molecule has 2 unspecified atom stereocenters. The molecular weight excluding hydrogens is 252 g/mol. The minimum atomic E-state index is 0.487. The molecule has 1 aliphatic heterocycles. The molecule has 0 bridgehead atoms. The van der Waals surface area contributed by atoms with E-state index in [9.17, 15) is 0 Å². The molecule has 3 heteroatoms. The summed E-state index contributed by atoms with van der Waals surface area (Å²) in [4.78, 5) is 2.65. The highest BCUT2D eigenvalue weighted by atomic mass is 32.2. The monoisotopic (exact) mass is 284 g/mol. The largest absolute Gasteiger partial charge is 0.313 e. The van der Waals surface area contributed by atoms with Gasteiger partial charge in [0.1, 0.15) is 0 Å². The van der Waals surface area contributed by atoms with Crippen LogP contribution in [0.2, 0.25) is 0 Å². The minimum absolute atomic E-state index is 0.487. The molecule has 0 spiro atoms. The van der Waals surface area contributed by atoms with E-state index in [4.69, 9.17) is 0 Å². The molecule has 1 saturated carbocycles. The molecule has 1 N–H and O–H groups in total. The van der Waals surface area contributed by atoms with Crippen LogP contribution < -0.4 is 5.32 Å². The second-order valence-electron chi connectivity index (χ2n) is 7.12. The van der Waals surface area contributed by atoms with Crippen molar-refractivity contribution in [2.24, 2.45) is 5.92 Å². The third-order valence-electron chi connectivity index (χ3n) is 4.73. The van der Waals surface area contributed by atoms with Crippen LogP contribution in [0, 0.1) is 5.92 Å². The maximum atomic E-state index is 3.79. The zero-order valence-corrected chi connectivity index (χ0v) is 13.9. The van der Waals surface area contributed by atoms with Crippen LogP contribution in [-0.4, -0.2) is 47.6 Å². The zero-order chi connectivity index (χ0) is 13.7. The van der Waals surface area contributed by atoms with Gasteiger partial charge >= 0.3 is 0 Å². The average Bonchev–Trinajstić information content (AvgIpc) is 2.51. The van der Waals surface area contributed by atoms with Gasteiger partial charge in [-0.2, -0.15) is 11.8 Å². The van der Waals surface area contributed by atoms with Crippen LogP contribution in [0.3, 0.4) is 0 Å². The van der Waals surface area contributed by atoms with Crippen molar-refractivity contribution in [3.05, 3.63) is 0 Å². The average molecular weight is 285 g/mol. The number of hydrogen-bond donors (Lipinski definition) is 1. The molecule has 2 fully saturated rings. The highest BCUT2D eigenvalue weighted by Crippen LogP contribution is 2.30. The van der Waals surface area contributed by atoms with E-state index >= 15 is 0 Å². The number of hydrogen-bond acceptors (Lipinski definition) is 3. The van der Waals surface area contributed by atoms with Gasteiger partial charge in [0, 0.05) is 36.2 Å². The van der Waals surface area contributed by atoms with Crippen molar-refractivity contribution in [2.45, 2.75) is 63.7 Å². The van der Waals surface area contributed by atoms with Crippen LogP contribution in [0.5, 0.6) is 0 Å². The fraction of sp³-hybridized carbons (Fsp3) is 1.00. The van der Waals surface area contributed by atoms with Crippen molar-refractivity contribution in [3.63, 3.8) is 0 Å². The Labute approximate surface area is 124 Å². The Morgan fingerprint density at radius 3 is 2.89 bits per heavy atom. The predicted octanol–water partition coefficient (Wildman–Crippen LogP) is 3.37. The molecule has 1 saturated heterocycles. The van der Waals surface area contributed by atoms with E-state index < -0.39 is 0 Å². The van der Waals surface area contributed by atoms with Crippen LogP contribution in [0.1, 0.15) is 52.9 Å². The van der Waals surface area contributed by atoms with Gasteiger partial charge in [0.05, 0.1) is 0 Å². The molecule has 2 rings (SSSR count). The molecule has 19 heavy (non-hydrogen) atoms. The summed E-state index contributed by atoms with van der Waals surface area (Å²) in [6.45, 7) is 12.2. The van der Waals surface area contributed by atoms with E-state index in [-0.39, 0.29) is 0 Å². The van der Waals surface area contributed by atoms with E-state index in [0.29, 0.717) is 4.75 Å². The third-order valence-corrected chi connectivity index (χ3v) is 6.10. The maximum absolute atomic E-state index is 3.79. The van der Waals surface area contributed by atoms with E-state index in [1.165, 1.54) is 64.0 Å². The Hall–Kier alpha value is 0.270. The zero-order valence-electron chi connectivity index (χ0n) is 13.1. The van der Waals surface area contributed by atoms with Gasteiger partial charge in [-0.05, 0) is 31.7 Å². The first-order valence-corrected chi connectivity index (χ1v) is 9.13. The topological polar surface area (TPSA) is 15.3 Å². The minimum Gasteiger partial charge on any atom is -0.313 e. The summed E-state index contributed by atoms with van der Waals surface area (Å²) in [5.41, 5.74) is 0. The fourth-order valence-electron chi connectivity index (χ4n) is 3.33. The summed E-state index contributed by atoms with van der Waals surface area (Å²) in [7, 11) is 0. The van der Waals surface area contributed by atoms with Gasteiger partial charge in [0.25, 0.3) is 0 Å². The van der Waals surface area contributed by atoms with Crippen LogP contribution >= 0.6 is 11.8 Å². The van der Waals surface area contributed by atoms with E-state index in [1.807, 2.05) is 0 Å². The van der Waals surface area contributed by atoms with Crippen molar-refractivity contribution in [2.75, 3.05) is 31.9 Å². The van der Waals surface area contributed by atoms with Crippen molar-refractivity contribution in [1.82, 2.24) is 10.2 Å². The molecule has 0 aromatic heterocycles. The first-order valence-electron chi connectivity index (χ1n) is 8.15. The lowest BCUT2D eigenvalue weighted by molar-refractivity contribution is 0.257. The summed E-state index contributed by atoms with van der Waals surface area (Å²) < 4.78 is 0.487. The lowest BCUT2D eigenvalue weighted by Crippen LogP contribution is -2.40. The van der Waals surface area contributed by atoms with Crippen molar-refractivity contribution in [3.8, 4) is 0 Å². The highest BCUT2D eigenvalue weighted by molar-refractivity contribution is 8.00. The lowest BCUT2D eigenvalue weighted by Gasteiger charge is -2.29. The molecule has 2 atom stereocenters. The van der Waals surface area contributed by atoms with Crippen molar-refractivity contribution < 1.29 is 0 Å². The molecule has 1 aliphatic carbocycles. The summed E-state index contributed by atoms with van der Waals surface area (Å²) >= 11 is 2.14. The van der Waals surface area contributed by atoms with Crippen LogP contribution in [0.25, 0.3) is 0 Å². The Morgan fingerprint density at radius 2 is 2.11 bits per heavy atom. The van der Waals surface area contributed by atoms with E-state index in [0.717, 1.165) is 12.0 Å². The summed E-state index contributed by atoms with van der Waals surface area (Å²) in [6.07, 6.45) is 6.98. The molecule has 0 aromatic carbocycles. The van der Waals surface area contributed by atoms with Gasteiger partial charge in [-0.15, -0.1) is 0 Å². The Kier molecular flexibility index (Phi) is 6.04. The standard InChI is InChI=1S/C16H32N2S/c1-14-5-4-6-15(13-14)17-8-10-18-9-7-16(2,3)19-12-11-18/h14-15,17H,4-13H2,1-3H3. The molecule has 2 nitrogen and oxygen atoms in total. The Bertz CT molecular complexity index is 267. The van der Waals surface area contributed by atoms with Crippen LogP contribution in [-0.2, 0) is 0 Å². The van der Waals surface area contributed by atoms with Gasteiger partial charge in [0.2, 0.25) is 0 Å². The van der Waals surface area contributed by atoms with E-state index in [2.05, 4.69) is 42.7 Å². The summed E-state index contributed by atoms with van der Waals surface area (Å²) in [5.74, 6) is 2.23. The van der Waals surface area contributed by atoms with Crippen molar-refractivity contribution in [1.29, 1.82) is 0 Å². The smallest absolute Gasteiger partial charge is 0.0116 e. The molecule has 112 valence electrons. The maximum Gasteiger partial charge on any atom is 0.0116 e. The van der Waals surface area contributed by atoms with Crippen LogP contribution in [0.15, 0.2) is 0 Å². The number of nitrogens with one attached hydrogen (secondary N) is 1. The molecule has 0 radical (unpaired) electrons. The first-order chi connectivity index (χ1) is 9.05. The number of thioether (sulfide) groups is 1. The van der Waals surface area contributed by atoms with Crippen molar-refractivity contribution >= 4 is 11.8 Å². The third kappa shape index (κ3) is 5.65. The molecule has 0 amide bonds. The first kappa shape index (κ1) is 15.7. The predicted molar refractivity (Wildman–Crippen MR) is 87.0 cm³/mol. The number of rotatable bonds is 4. The van der Waals surface area contributed by atoms with Gasteiger partial charge in [0.15, 0.2) is 0 Å². The highest BCUT2D eigenvalue weighted by Gasteiger charge is 2.23. The number of nitrogens with zero attached hydrogens (tertiary/aromatic N) is 1. The SMILES string of the molecule is CC1CCCC(NCCN2CCSC(C)(C)CC2)C1. The molecular formula is C16H32N2S.